The molecule has 0 aliphatic heterocycles. The van der Waals surface area contributed by atoms with Crippen molar-refractivity contribution in [1.82, 2.24) is 0 Å². The molecule has 0 saturated carbocycles. The summed E-state index contributed by atoms with van der Waals surface area (Å²) in [5, 5.41) is 27.9. The maximum atomic E-state index is 12.2. The normalized spacial score (nSPS) is 17.3. The maximum Gasteiger partial charge on any atom is 0.654 e. The molecule has 11 heteroatoms. The molecule has 0 bridgehead atoms. The Morgan fingerprint density at radius 2 is 0.957 bits per heavy atom. The van der Waals surface area contributed by atoms with Gasteiger partial charge in [-0.3, -0.25) is 0 Å². The molecule has 23 heavy (non-hydrogen) atoms. The molecule has 0 heterocycles. The van der Waals surface area contributed by atoms with Crippen LogP contribution in [0.25, 0.3) is 0 Å². The number of hydrogen-bond donors (Lipinski definition) is 3. The highest BCUT2D eigenvalue weighted by Gasteiger charge is 2.43. The standard InChI is InChI=1S/C12H21O10P/c1-4-7(13)10(16)20-23(19,21-11(17)8(14)5-2)22-12(18)9(15)6-3/h7-9,13-15H,4-6H2,1-3H3. The Bertz CT molecular complexity index is 410. The monoisotopic (exact) mass is 356 g/mol. The first-order valence-corrected chi connectivity index (χ1v) is 8.40. The van der Waals surface area contributed by atoms with Crippen LogP contribution in [-0.4, -0.2) is 51.5 Å². The van der Waals surface area contributed by atoms with Crippen molar-refractivity contribution in [3.05, 3.63) is 0 Å². The molecule has 0 aromatic heterocycles. The van der Waals surface area contributed by atoms with E-state index in [9.17, 15) is 34.3 Å². The number of aliphatic hydroxyl groups is 3. The first-order chi connectivity index (χ1) is 10.6. The third-order valence-electron chi connectivity index (χ3n) is 2.58. The minimum Gasteiger partial charge on any atom is -0.381 e. The molecular weight excluding hydrogens is 335 g/mol. The molecule has 134 valence electrons. The summed E-state index contributed by atoms with van der Waals surface area (Å²) in [5.74, 6) is -4.35. The van der Waals surface area contributed by atoms with Crippen LogP contribution in [0.1, 0.15) is 40.0 Å². The van der Waals surface area contributed by atoms with Gasteiger partial charge in [-0.1, -0.05) is 20.8 Å². The zero-order chi connectivity index (χ0) is 18.2. The van der Waals surface area contributed by atoms with Crippen LogP contribution >= 0.6 is 7.82 Å². The third-order valence-corrected chi connectivity index (χ3v) is 3.79. The number of hydrogen-bond acceptors (Lipinski definition) is 10. The molecule has 0 spiro atoms. The molecule has 0 aromatic carbocycles. The summed E-state index contributed by atoms with van der Waals surface area (Å²) in [5.41, 5.74) is 0. The minimum atomic E-state index is -5.12. The number of phosphoric ester groups is 1. The van der Waals surface area contributed by atoms with E-state index in [2.05, 4.69) is 13.6 Å². The number of carbonyl (C=O) groups excluding carboxylic acids is 3. The molecule has 0 radical (unpaired) electrons. The number of phosphoric acid groups is 1. The SMILES string of the molecule is CCC(O)C(=O)OP(=O)(OC(=O)C(O)CC)OC(=O)C(O)CC. The Labute approximate surface area is 133 Å². The molecule has 0 aromatic rings. The lowest BCUT2D eigenvalue weighted by molar-refractivity contribution is -0.155. The van der Waals surface area contributed by atoms with E-state index < -0.39 is 44.0 Å². The molecule has 3 atom stereocenters. The van der Waals surface area contributed by atoms with Crippen molar-refractivity contribution in [3.63, 3.8) is 0 Å². The second-order valence-corrected chi connectivity index (χ2v) is 5.89. The molecule has 0 aliphatic carbocycles. The first kappa shape index (κ1) is 21.5. The zero-order valence-electron chi connectivity index (χ0n) is 13.0. The van der Waals surface area contributed by atoms with Crippen molar-refractivity contribution in [2.75, 3.05) is 0 Å². The van der Waals surface area contributed by atoms with Crippen molar-refractivity contribution in [3.8, 4) is 0 Å². The fourth-order valence-corrected chi connectivity index (χ4v) is 2.21. The van der Waals surface area contributed by atoms with Gasteiger partial charge in [0.2, 0.25) is 0 Å². The van der Waals surface area contributed by atoms with Crippen LogP contribution in [0.3, 0.4) is 0 Å². The summed E-state index contributed by atoms with van der Waals surface area (Å²) in [7, 11) is -5.12. The summed E-state index contributed by atoms with van der Waals surface area (Å²) in [6.07, 6.45) is -5.37. The average Bonchev–Trinajstić information content (AvgIpc) is 2.51. The van der Waals surface area contributed by atoms with E-state index in [0.717, 1.165) is 0 Å². The van der Waals surface area contributed by atoms with Gasteiger partial charge < -0.3 is 28.9 Å². The predicted molar refractivity (Wildman–Crippen MR) is 74.8 cm³/mol. The van der Waals surface area contributed by atoms with E-state index in [-0.39, 0.29) is 19.3 Å². The van der Waals surface area contributed by atoms with Gasteiger partial charge in [0, 0.05) is 0 Å². The fraction of sp³-hybridized carbons (Fsp3) is 0.750. The van der Waals surface area contributed by atoms with E-state index in [4.69, 9.17) is 0 Å². The van der Waals surface area contributed by atoms with Crippen LogP contribution in [0.4, 0.5) is 0 Å². The van der Waals surface area contributed by atoms with Gasteiger partial charge in [0.25, 0.3) is 0 Å². The lowest BCUT2D eigenvalue weighted by Crippen LogP contribution is -2.28. The van der Waals surface area contributed by atoms with Crippen LogP contribution in [0.2, 0.25) is 0 Å². The predicted octanol–water partition coefficient (Wildman–Crippen LogP) is 0.0368. The first-order valence-electron chi connectivity index (χ1n) is 6.94. The lowest BCUT2D eigenvalue weighted by Gasteiger charge is -2.19. The van der Waals surface area contributed by atoms with E-state index >= 15 is 0 Å². The van der Waals surface area contributed by atoms with E-state index in [1.165, 1.54) is 20.8 Å². The van der Waals surface area contributed by atoms with E-state index in [1.54, 1.807) is 0 Å². The third kappa shape index (κ3) is 7.08. The highest BCUT2D eigenvalue weighted by atomic mass is 31.2. The molecule has 3 N–H and O–H groups in total. The Hall–Kier alpha value is -1.48. The van der Waals surface area contributed by atoms with Crippen LogP contribution < -0.4 is 0 Å². The topological polar surface area (TPSA) is 157 Å². The summed E-state index contributed by atoms with van der Waals surface area (Å²) in [6.45, 7) is 4.24. The van der Waals surface area contributed by atoms with Gasteiger partial charge in [0.05, 0.1) is 0 Å². The summed E-state index contributed by atoms with van der Waals surface area (Å²) in [4.78, 5) is 34.4. The van der Waals surface area contributed by atoms with Gasteiger partial charge in [-0.25, -0.2) is 14.4 Å². The average molecular weight is 356 g/mol. The van der Waals surface area contributed by atoms with Crippen LogP contribution in [0.5, 0.6) is 0 Å². The van der Waals surface area contributed by atoms with Gasteiger partial charge in [-0.15, -0.1) is 0 Å². The molecule has 0 aliphatic rings. The fourth-order valence-electron chi connectivity index (χ4n) is 1.07. The van der Waals surface area contributed by atoms with E-state index in [1.807, 2.05) is 0 Å². The highest BCUT2D eigenvalue weighted by molar-refractivity contribution is 7.50. The molecular formula is C12H21O10P. The molecule has 3 unspecified atom stereocenters. The number of aliphatic hydroxyl groups excluding tert-OH is 3. The molecule has 0 saturated heterocycles. The van der Waals surface area contributed by atoms with Gasteiger partial charge in [-0.05, 0) is 19.3 Å². The van der Waals surface area contributed by atoms with Gasteiger partial charge >= 0.3 is 25.7 Å². The lowest BCUT2D eigenvalue weighted by atomic mass is 10.3. The quantitative estimate of drug-likeness (QED) is 0.482. The van der Waals surface area contributed by atoms with Gasteiger partial charge in [0.1, 0.15) is 0 Å². The summed E-state index contributed by atoms with van der Waals surface area (Å²) >= 11 is 0. The second kappa shape index (κ2) is 9.61. The second-order valence-electron chi connectivity index (χ2n) is 4.45. The Balaban J connectivity index is 5.26. The van der Waals surface area contributed by atoms with Gasteiger partial charge in [0.15, 0.2) is 18.3 Å². The molecule has 0 amide bonds. The van der Waals surface area contributed by atoms with Crippen LogP contribution in [-0.2, 0) is 32.5 Å². The Kier molecular flexibility index (Phi) is 8.99. The van der Waals surface area contributed by atoms with E-state index in [0.29, 0.717) is 0 Å². The van der Waals surface area contributed by atoms with Crippen LogP contribution in [0.15, 0.2) is 0 Å². The summed E-state index contributed by atoms with van der Waals surface area (Å²) in [6, 6.07) is 0. The summed E-state index contributed by atoms with van der Waals surface area (Å²) < 4.78 is 25.1. The molecule has 0 rings (SSSR count). The van der Waals surface area contributed by atoms with Crippen molar-refractivity contribution >= 4 is 25.7 Å². The molecule has 0 fully saturated rings. The number of rotatable bonds is 9. The van der Waals surface area contributed by atoms with Crippen molar-refractivity contribution in [2.24, 2.45) is 0 Å². The Morgan fingerprint density at radius 3 is 1.13 bits per heavy atom. The van der Waals surface area contributed by atoms with Crippen LogP contribution in [0, 0.1) is 0 Å². The smallest absolute Gasteiger partial charge is 0.381 e. The maximum absolute atomic E-state index is 12.2. The van der Waals surface area contributed by atoms with Crippen molar-refractivity contribution in [1.29, 1.82) is 0 Å². The number of carbonyl (C=O) groups is 3. The largest absolute Gasteiger partial charge is 0.654 e. The zero-order valence-corrected chi connectivity index (χ0v) is 13.9. The van der Waals surface area contributed by atoms with Crippen molar-refractivity contribution in [2.45, 2.75) is 58.3 Å². The molecule has 10 nitrogen and oxygen atoms in total. The van der Waals surface area contributed by atoms with Crippen molar-refractivity contribution < 1.29 is 47.8 Å². The highest BCUT2D eigenvalue weighted by Crippen LogP contribution is 2.50. The van der Waals surface area contributed by atoms with Gasteiger partial charge in [-0.2, -0.15) is 4.57 Å². The minimum absolute atomic E-state index is 0.101. The Morgan fingerprint density at radius 1 is 0.739 bits per heavy atom.